The summed E-state index contributed by atoms with van der Waals surface area (Å²) in [5.41, 5.74) is 0.395. The van der Waals surface area contributed by atoms with Gasteiger partial charge in [0, 0.05) is 5.56 Å². The van der Waals surface area contributed by atoms with Gasteiger partial charge in [0.15, 0.2) is 0 Å². The van der Waals surface area contributed by atoms with Crippen molar-refractivity contribution in [3.8, 4) is 0 Å². The molecule has 0 bridgehead atoms. The highest BCUT2D eigenvalue weighted by Crippen LogP contribution is 2.44. The monoisotopic (exact) mass is 375 g/mol. The standard InChI is InChI=1S/C12H10Cl5OP/c13-7-6(8(14)10(16)11(17)9(7)15)12(18)19-5-3-1-2-4-5/h5,18H,1-4H2/p-1. The van der Waals surface area contributed by atoms with Crippen molar-refractivity contribution in [3.05, 3.63) is 30.7 Å². The maximum absolute atomic E-state index is 12.3. The van der Waals surface area contributed by atoms with E-state index in [0.29, 0.717) is 13.9 Å². The zero-order valence-corrected chi connectivity index (χ0v) is 14.3. The Morgan fingerprint density at radius 1 is 0.842 bits per heavy atom. The Balaban J connectivity index is 2.49. The molecule has 1 fully saturated rings. The van der Waals surface area contributed by atoms with E-state index in [-0.39, 0.29) is 36.2 Å². The molecule has 0 aromatic heterocycles. The molecule has 0 aliphatic heterocycles. The molecule has 1 aliphatic rings. The fourth-order valence-corrected chi connectivity index (χ4v) is 4.81. The van der Waals surface area contributed by atoms with E-state index in [1.807, 2.05) is 0 Å². The van der Waals surface area contributed by atoms with E-state index in [0.717, 1.165) is 25.7 Å². The SMILES string of the molecule is [O-]C(=PC1CCCC1)c1c(Cl)c(Cl)c(Cl)c(Cl)c1Cl. The van der Waals surface area contributed by atoms with Gasteiger partial charge in [-0.05, 0) is 18.5 Å². The van der Waals surface area contributed by atoms with Crippen LogP contribution >= 0.6 is 66.2 Å². The van der Waals surface area contributed by atoms with Crippen LogP contribution in [0, 0.1) is 0 Å². The Kier molecular flexibility index (Phi) is 5.71. The molecule has 0 saturated heterocycles. The lowest BCUT2D eigenvalue weighted by molar-refractivity contribution is -0.207. The van der Waals surface area contributed by atoms with Gasteiger partial charge in [-0.3, -0.25) is 0 Å². The van der Waals surface area contributed by atoms with Gasteiger partial charge in [-0.25, -0.2) is 0 Å². The van der Waals surface area contributed by atoms with E-state index in [2.05, 4.69) is 0 Å². The zero-order chi connectivity index (χ0) is 14.2. The molecule has 0 unspecified atom stereocenters. The van der Waals surface area contributed by atoms with E-state index in [4.69, 9.17) is 58.0 Å². The summed E-state index contributed by atoms with van der Waals surface area (Å²) < 4.78 is 0. The molecule has 0 N–H and O–H groups in total. The average Bonchev–Trinajstić information content (AvgIpc) is 2.87. The lowest BCUT2D eigenvalue weighted by atomic mass is 10.2. The molecule has 1 aliphatic carbocycles. The minimum absolute atomic E-state index is 0.0719. The number of halogens is 5. The first-order chi connectivity index (χ1) is 8.93. The van der Waals surface area contributed by atoms with Gasteiger partial charge in [-0.1, -0.05) is 70.8 Å². The molecular weight excluding hydrogens is 368 g/mol. The summed E-state index contributed by atoms with van der Waals surface area (Å²) >= 11 is 29.9. The van der Waals surface area contributed by atoms with Crippen LogP contribution in [0.25, 0.3) is 0 Å². The summed E-state index contributed by atoms with van der Waals surface area (Å²) in [5.74, 6) is 0. The van der Waals surface area contributed by atoms with E-state index in [9.17, 15) is 5.11 Å². The van der Waals surface area contributed by atoms with Gasteiger partial charge >= 0.3 is 0 Å². The molecule has 0 radical (unpaired) electrons. The second-order valence-electron chi connectivity index (χ2n) is 4.32. The third-order valence-electron chi connectivity index (χ3n) is 3.05. The third kappa shape index (κ3) is 3.35. The van der Waals surface area contributed by atoms with E-state index in [1.165, 1.54) is 0 Å². The Bertz CT molecular complexity index is 508. The normalized spacial score (nSPS) is 17.3. The van der Waals surface area contributed by atoms with Crippen LogP contribution in [-0.2, 0) is 0 Å². The van der Waals surface area contributed by atoms with Crippen molar-refractivity contribution >= 4 is 71.7 Å². The first kappa shape index (κ1) is 16.2. The average molecular weight is 377 g/mol. The Morgan fingerprint density at radius 2 is 1.26 bits per heavy atom. The number of benzene rings is 1. The quantitative estimate of drug-likeness (QED) is 0.369. The predicted octanol–water partition coefficient (Wildman–Crippen LogP) is 5.68. The molecule has 0 heterocycles. The summed E-state index contributed by atoms with van der Waals surface area (Å²) in [6.07, 6.45) is 4.43. The number of hydrogen-bond acceptors (Lipinski definition) is 1. The minimum Gasteiger partial charge on any atom is -0.823 e. The summed E-state index contributed by atoms with van der Waals surface area (Å²) in [5, 5.41) is 12.7. The zero-order valence-electron chi connectivity index (χ0n) is 9.65. The fourth-order valence-electron chi connectivity index (χ4n) is 2.06. The molecule has 0 atom stereocenters. The second-order valence-corrected chi connectivity index (χ2v) is 7.60. The summed E-state index contributed by atoms with van der Waals surface area (Å²) in [6.45, 7) is 0. The fraction of sp³-hybridized carbons (Fsp3) is 0.417. The molecule has 2 rings (SSSR count). The van der Waals surface area contributed by atoms with Crippen LogP contribution in [0.5, 0.6) is 0 Å². The lowest BCUT2D eigenvalue weighted by Gasteiger charge is -2.20. The first-order valence-corrected chi connectivity index (χ1v) is 8.55. The van der Waals surface area contributed by atoms with Crippen LogP contribution in [0.15, 0.2) is 0 Å². The van der Waals surface area contributed by atoms with Crippen molar-refractivity contribution in [1.82, 2.24) is 0 Å². The lowest BCUT2D eigenvalue weighted by Crippen LogP contribution is -2.19. The maximum Gasteiger partial charge on any atom is 0.0809 e. The van der Waals surface area contributed by atoms with Crippen LogP contribution in [0.2, 0.25) is 25.1 Å². The molecule has 1 saturated carbocycles. The molecule has 19 heavy (non-hydrogen) atoms. The van der Waals surface area contributed by atoms with Gasteiger partial charge in [-0.15, -0.1) is 13.7 Å². The largest absolute Gasteiger partial charge is 0.823 e. The molecule has 1 aromatic rings. The first-order valence-electron chi connectivity index (χ1n) is 5.70. The van der Waals surface area contributed by atoms with Crippen molar-refractivity contribution in [2.24, 2.45) is 0 Å². The molecule has 1 aromatic carbocycles. The van der Waals surface area contributed by atoms with Gasteiger partial charge in [0.2, 0.25) is 0 Å². The molecule has 0 amide bonds. The molecule has 7 heteroatoms. The molecule has 0 spiro atoms. The summed E-state index contributed by atoms with van der Waals surface area (Å²) in [7, 11) is 0.697. The van der Waals surface area contributed by atoms with Crippen LogP contribution in [-0.4, -0.2) is 11.1 Å². The Morgan fingerprint density at radius 3 is 1.74 bits per heavy atom. The number of rotatable bonds is 2. The number of hydrogen-bond donors (Lipinski definition) is 0. The van der Waals surface area contributed by atoms with Crippen molar-refractivity contribution in [1.29, 1.82) is 0 Å². The summed E-state index contributed by atoms with van der Waals surface area (Å²) in [4.78, 5) is 0. The van der Waals surface area contributed by atoms with Crippen molar-refractivity contribution in [2.45, 2.75) is 31.3 Å². The van der Waals surface area contributed by atoms with Crippen LogP contribution in [0.4, 0.5) is 0 Å². The maximum atomic E-state index is 12.3. The molecular formula is C12H9Cl5OP-. The van der Waals surface area contributed by atoms with Gasteiger partial charge in [-0.2, -0.15) is 0 Å². The Labute approximate surface area is 138 Å². The van der Waals surface area contributed by atoms with Gasteiger partial charge < -0.3 is 5.11 Å². The van der Waals surface area contributed by atoms with Crippen LogP contribution in [0.1, 0.15) is 31.2 Å². The molecule has 104 valence electrons. The van der Waals surface area contributed by atoms with Crippen molar-refractivity contribution < 1.29 is 5.11 Å². The predicted molar refractivity (Wildman–Crippen MR) is 84.8 cm³/mol. The summed E-state index contributed by atoms with van der Waals surface area (Å²) in [6, 6.07) is 0. The van der Waals surface area contributed by atoms with E-state index in [1.54, 1.807) is 0 Å². The highest BCUT2D eigenvalue weighted by atomic mass is 35.5. The smallest absolute Gasteiger partial charge is 0.0809 e. The van der Waals surface area contributed by atoms with Gasteiger partial charge in [0.25, 0.3) is 0 Å². The second kappa shape index (κ2) is 6.71. The van der Waals surface area contributed by atoms with E-state index >= 15 is 0 Å². The van der Waals surface area contributed by atoms with Crippen LogP contribution < -0.4 is 5.11 Å². The Hall–Kier alpha value is 0.800. The highest BCUT2D eigenvalue weighted by molar-refractivity contribution is 7.41. The minimum atomic E-state index is -0.151. The third-order valence-corrected chi connectivity index (χ3v) is 6.66. The molecule has 1 nitrogen and oxygen atoms in total. The van der Waals surface area contributed by atoms with Gasteiger partial charge in [0.05, 0.1) is 25.1 Å². The highest BCUT2D eigenvalue weighted by Gasteiger charge is 2.20. The topological polar surface area (TPSA) is 23.1 Å². The van der Waals surface area contributed by atoms with E-state index < -0.39 is 0 Å². The van der Waals surface area contributed by atoms with Crippen LogP contribution in [0.3, 0.4) is 0 Å². The van der Waals surface area contributed by atoms with Gasteiger partial charge in [0.1, 0.15) is 0 Å². The van der Waals surface area contributed by atoms with Crippen molar-refractivity contribution in [3.63, 3.8) is 0 Å². The van der Waals surface area contributed by atoms with Crippen molar-refractivity contribution in [2.75, 3.05) is 0 Å².